The van der Waals surface area contributed by atoms with Crippen LogP contribution in [0.5, 0.6) is 0 Å². The lowest BCUT2D eigenvalue weighted by molar-refractivity contribution is -0.115. The van der Waals surface area contributed by atoms with Crippen molar-refractivity contribution in [1.82, 2.24) is 4.98 Å². The number of carbonyl (C=O) groups is 1. The van der Waals surface area contributed by atoms with Crippen molar-refractivity contribution in [3.05, 3.63) is 47.2 Å². The predicted octanol–water partition coefficient (Wildman–Crippen LogP) is 3.74. The van der Waals surface area contributed by atoms with Gasteiger partial charge in [-0.1, -0.05) is 26.8 Å². The minimum atomic E-state index is -0.821. The summed E-state index contributed by atoms with van der Waals surface area (Å²) in [6.45, 7) is 7.55. The standard InChI is InChI=1S/C16H18F2N2O2/c1-9-12(22-15(19-9)16(2,3)4)8-13(21)20-14-10(17)6-5-7-11(14)18/h5-7H,8H2,1-4H3,(H,20,21). The Morgan fingerprint density at radius 3 is 2.36 bits per heavy atom. The van der Waals surface area contributed by atoms with Crippen LogP contribution in [-0.2, 0) is 16.6 Å². The van der Waals surface area contributed by atoms with Gasteiger partial charge in [-0.15, -0.1) is 0 Å². The van der Waals surface area contributed by atoms with E-state index in [2.05, 4.69) is 10.3 Å². The van der Waals surface area contributed by atoms with Crippen molar-refractivity contribution in [2.24, 2.45) is 0 Å². The normalized spacial score (nSPS) is 11.5. The third-order valence-electron chi connectivity index (χ3n) is 3.08. The number of carbonyl (C=O) groups excluding carboxylic acids is 1. The van der Waals surface area contributed by atoms with Crippen LogP contribution in [0.2, 0.25) is 0 Å². The fourth-order valence-corrected chi connectivity index (χ4v) is 1.86. The number of hydrogen-bond donors (Lipinski definition) is 1. The number of aromatic nitrogens is 1. The van der Waals surface area contributed by atoms with E-state index in [1.165, 1.54) is 6.07 Å². The molecule has 118 valence electrons. The topological polar surface area (TPSA) is 55.1 Å². The summed E-state index contributed by atoms with van der Waals surface area (Å²) in [5.74, 6) is -1.30. The van der Waals surface area contributed by atoms with E-state index in [1.807, 2.05) is 20.8 Å². The summed E-state index contributed by atoms with van der Waals surface area (Å²) in [5.41, 5.74) is -0.147. The van der Waals surface area contributed by atoms with Gasteiger partial charge in [-0.2, -0.15) is 0 Å². The number of rotatable bonds is 3. The van der Waals surface area contributed by atoms with E-state index in [-0.39, 0.29) is 11.8 Å². The average molecular weight is 308 g/mol. The molecule has 1 heterocycles. The van der Waals surface area contributed by atoms with Crippen LogP contribution in [0.3, 0.4) is 0 Å². The van der Waals surface area contributed by atoms with Crippen LogP contribution in [0.15, 0.2) is 22.6 Å². The van der Waals surface area contributed by atoms with E-state index >= 15 is 0 Å². The van der Waals surface area contributed by atoms with Gasteiger partial charge in [-0.3, -0.25) is 4.79 Å². The van der Waals surface area contributed by atoms with Gasteiger partial charge in [0.2, 0.25) is 5.91 Å². The molecule has 2 aromatic rings. The predicted molar refractivity (Wildman–Crippen MR) is 78.6 cm³/mol. The molecule has 1 N–H and O–H groups in total. The van der Waals surface area contributed by atoms with Crippen molar-refractivity contribution in [1.29, 1.82) is 0 Å². The summed E-state index contributed by atoms with van der Waals surface area (Å²) < 4.78 is 32.6. The maximum atomic E-state index is 13.5. The molecule has 2 rings (SSSR count). The third-order valence-corrected chi connectivity index (χ3v) is 3.08. The quantitative estimate of drug-likeness (QED) is 0.939. The Hall–Kier alpha value is -2.24. The minimum Gasteiger partial charge on any atom is -0.444 e. The fourth-order valence-electron chi connectivity index (χ4n) is 1.86. The highest BCUT2D eigenvalue weighted by atomic mass is 19.1. The molecule has 4 nitrogen and oxygen atoms in total. The molecule has 0 spiro atoms. The smallest absolute Gasteiger partial charge is 0.232 e. The molecule has 0 saturated carbocycles. The summed E-state index contributed by atoms with van der Waals surface area (Å²) in [4.78, 5) is 16.2. The zero-order chi connectivity index (χ0) is 16.5. The molecule has 1 aromatic carbocycles. The molecule has 0 aliphatic carbocycles. The maximum absolute atomic E-state index is 13.5. The first-order chi connectivity index (χ1) is 10.2. The summed E-state index contributed by atoms with van der Waals surface area (Å²) in [7, 11) is 0. The van der Waals surface area contributed by atoms with E-state index in [1.54, 1.807) is 6.92 Å². The van der Waals surface area contributed by atoms with Crippen LogP contribution >= 0.6 is 0 Å². The lowest BCUT2D eigenvalue weighted by Gasteiger charge is -2.12. The number of halogens is 2. The van der Waals surface area contributed by atoms with Crippen LogP contribution in [0.4, 0.5) is 14.5 Å². The van der Waals surface area contributed by atoms with Gasteiger partial charge >= 0.3 is 0 Å². The van der Waals surface area contributed by atoms with E-state index in [0.29, 0.717) is 17.3 Å². The zero-order valence-electron chi connectivity index (χ0n) is 13.0. The first-order valence-corrected chi connectivity index (χ1v) is 6.89. The van der Waals surface area contributed by atoms with Gasteiger partial charge < -0.3 is 9.73 Å². The first kappa shape index (κ1) is 16.1. The van der Waals surface area contributed by atoms with Crippen LogP contribution in [0.25, 0.3) is 0 Å². The van der Waals surface area contributed by atoms with Crippen LogP contribution in [0, 0.1) is 18.6 Å². The number of nitrogens with zero attached hydrogens (tertiary/aromatic N) is 1. The number of amides is 1. The Labute approximate surface area is 127 Å². The summed E-state index contributed by atoms with van der Waals surface area (Å²) in [5, 5.41) is 2.23. The number of oxazole rings is 1. The summed E-state index contributed by atoms with van der Waals surface area (Å²) >= 11 is 0. The molecule has 0 fully saturated rings. The highest BCUT2D eigenvalue weighted by Crippen LogP contribution is 2.24. The highest BCUT2D eigenvalue weighted by molar-refractivity contribution is 5.92. The Kier molecular flexibility index (Phi) is 4.30. The largest absolute Gasteiger partial charge is 0.444 e. The van der Waals surface area contributed by atoms with E-state index < -0.39 is 23.2 Å². The number of para-hydroxylation sites is 1. The molecule has 0 aliphatic rings. The van der Waals surface area contributed by atoms with Crippen molar-refractivity contribution >= 4 is 11.6 Å². The SMILES string of the molecule is Cc1nc(C(C)(C)C)oc1CC(=O)Nc1c(F)cccc1F. The van der Waals surface area contributed by atoms with Crippen molar-refractivity contribution in [3.63, 3.8) is 0 Å². The van der Waals surface area contributed by atoms with Crippen LogP contribution in [-0.4, -0.2) is 10.9 Å². The monoisotopic (exact) mass is 308 g/mol. The fraction of sp³-hybridized carbons (Fsp3) is 0.375. The third kappa shape index (κ3) is 3.50. The highest BCUT2D eigenvalue weighted by Gasteiger charge is 2.23. The molecular formula is C16H18F2N2O2. The molecule has 0 atom stereocenters. The molecule has 0 saturated heterocycles. The number of hydrogen-bond acceptors (Lipinski definition) is 3. The van der Waals surface area contributed by atoms with Crippen LogP contribution in [0.1, 0.15) is 38.1 Å². The number of benzene rings is 1. The summed E-state index contributed by atoms with van der Waals surface area (Å²) in [6.07, 6.45) is -0.136. The second-order valence-corrected chi connectivity index (χ2v) is 6.10. The molecule has 0 unspecified atom stereocenters. The van der Waals surface area contributed by atoms with Gasteiger partial charge in [-0.25, -0.2) is 13.8 Å². The Bertz CT molecular complexity index is 682. The minimum absolute atomic E-state index is 0.136. The van der Waals surface area contributed by atoms with E-state index in [9.17, 15) is 13.6 Å². The van der Waals surface area contributed by atoms with Gasteiger partial charge in [0, 0.05) is 5.41 Å². The van der Waals surface area contributed by atoms with Crippen LogP contribution < -0.4 is 5.32 Å². The molecule has 1 aromatic heterocycles. The van der Waals surface area contributed by atoms with Crippen molar-refractivity contribution in [2.75, 3.05) is 5.32 Å². The zero-order valence-corrected chi connectivity index (χ0v) is 13.0. The van der Waals surface area contributed by atoms with Crippen molar-refractivity contribution < 1.29 is 18.0 Å². The average Bonchev–Trinajstić information content (AvgIpc) is 2.76. The van der Waals surface area contributed by atoms with Gasteiger partial charge in [-0.05, 0) is 19.1 Å². The molecule has 6 heteroatoms. The van der Waals surface area contributed by atoms with Gasteiger partial charge in [0.15, 0.2) is 5.89 Å². The second kappa shape index (κ2) is 5.87. The van der Waals surface area contributed by atoms with E-state index in [0.717, 1.165) is 12.1 Å². The number of aryl methyl sites for hydroxylation is 1. The van der Waals surface area contributed by atoms with Gasteiger partial charge in [0.05, 0.1) is 12.1 Å². The Balaban J connectivity index is 2.15. The Morgan fingerprint density at radius 1 is 1.27 bits per heavy atom. The molecule has 0 aliphatic heterocycles. The maximum Gasteiger partial charge on any atom is 0.232 e. The lowest BCUT2D eigenvalue weighted by Crippen LogP contribution is -2.16. The number of nitrogens with one attached hydrogen (secondary N) is 1. The first-order valence-electron chi connectivity index (χ1n) is 6.89. The molecule has 0 radical (unpaired) electrons. The Morgan fingerprint density at radius 2 is 1.86 bits per heavy atom. The molecule has 22 heavy (non-hydrogen) atoms. The molecular weight excluding hydrogens is 290 g/mol. The van der Waals surface area contributed by atoms with Gasteiger partial charge in [0.25, 0.3) is 0 Å². The van der Waals surface area contributed by atoms with E-state index in [4.69, 9.17) is 4.42 Å². The lowest BCUT2D eigenvalue weighted by atomic mass is 9.97. The molecule has 0 bridgehead atoms. The summed E-state index contributed by atoms with van der Waals surface area (Å²) in [6, 6.07) is 3.39. The van der Waals surface area contributed by atoms with Gasteiger partial charge in [0.1, 0.15) is 23.1 Å². The van der Waals surface area contributed by atoms with Crippen molar-refractivity contribution in [2.45, 2.75) is 39.5 Å². The number of anilines is 1. The van der Waals surface area contributed by atoms with Crippen molar-refractivity contribution in [3.8, 4) is 0 Å². The molecule has 1 amide bonds. The second-order valence-electron chi connectivity index (χ2n) is 6.10.